The molecule has 55 heavy (non-hydrogen) atoms. The van der Waals surface area contributed by atoms with E-state index in [4.69, 9.17) is 9.47 Å². The van der Waals surface area contributed by atoms with E-state index < -0.39 is 5.60 Å². The van der Waals surface area contributed by atoms with Crippen LogP contribution in [0.5, 0.6) is 5.75 Å². The number of morpholine rings is 1. The van der Waals surface area contributed by atoms with Gasteiger partial charge in [0.2, 0.25) is 0 Å². The van der Waals surface area contributed by atoms with Crippen molar-refractivity contribution in [3.63, 3.8) is 0 Å². The second-order valence-electron chi connectivity index (χ2n) is 16.4. The summed E-state index contributed by atoms with van der Waals surface area (Å²) >= 11 is 0. The molecule has 0 unspecified atom stereocenters. The molecule has 0 saturated carbocycles. The number of hydrogen-bond donors (Lipinski definition) is 1. The van der Waals surface area contributed by atoms with Crippen molar-refractivity contribution in [3.05, 3.63) is 106 Å². The number of nitrogens with zero attached hydrogens (tertiary/aromatic N) is 5. The third kappa shape index (κ3) is 7.47. The van der Waals surface area contributed by atoms with Crippen molar-refractivity contribution in [1.82, 2.24) is 19.3 Å². The number of carbonyl (C=O) groups excluding carboxylic acids is 3. The van der Waals surface area contributed by atoms with Crippen LogP contribution in [0.2, 0.25) is 0 Å². The quantitative estimate of drug-likeness (QED) is 0.236. The summed E-state index contributed by atoms with van der Waals surface area (Å²) in [6, 6.07) is 21.0. The zero-order valence-electron chi connectivity index (χ0n) is 32.3. The monoisotopic (exact) mass is 745 g/mol. The van der Waals surface area contributed by atoms with Gasteiger partial charge in [-0.3, -0.25) is 19.4 Å². The molecule has 1 fully saturated rings. The lowest BCUT2D eigenvalue weighted by molar-refractivity contribution is 0.0192. The van der Waals surface area contributed by atoms with E-state index in [0.29, 0.717) is 49.7 Å². The Balaban J connectivity index is 1.22. The van der Waals surface area contributed by atoms with Gasteiger partial charge in [0.1, 0.15) is 11.4 Å². The molecule has 288 valence electrons. The summed E-state index contributed by atoms with van der Waals surface area (Å²) in [4.78, 5) is 50.7. The molecule has 4 aliphatic rings. The molecule has 0 radical (unpaired) electrons. The number of rotatable bonds is 6. The van der Waals surface area contributed by atoms with Gasteiger partial charge in [-0.15, -0.1) is 0 Å². The molecule has 11 heteroatoms. The normalized spacial score (nSPS) is 18.4. The number of amides is 3. The van der Waals surface area contributed by atoms with Gasteiger partial charge in [-0.1, -0.05) is 24.3 Å². The number of hydrogen-bond acceptors (Lipinski definition) is 7. The highest BCUT2D eigenvalue weighted by atomic mass is 16.6. The minimum atomic E-state index is -0.639. The van der Waals surface area contributed by atoms with Crippen LogP contribution in [0.4, 0.5) is 10.5 Å². The van der Waals surface area contributed by atoms with Crippen molar-refractivity contribution >= 4 is 23.6 Å². The molecule has 4 aliphatic heterocycles. The predicted octanol–water partition coefficient (Wildman–Crippen LogP) is 6.62. The van der Waals surface area contributed by atoms with Crippen LogP contribution < -0.4 is 4.90 Å². The van der Waals surface area contributed by atoms with Crippen LogP contribution in [-0.4, -0.2) is 93.8 Å². The molecule has 0 aliphatic carbocycles. The van der Waals surface area contributed by atoms with E-state index in [2.05, 4.69) is 33.7 Å². The highest BCUT2D eigenvalue weighted by Gasteiger charge is 2.37. The molecule has 0 spiro atoms. The molecule has 3 aromatic carbocycles. The Kier molecular flexibility index (Phi) is 9.94. The first-order valence-electron chi connectivity index (χ1n) is 19.5. The molecule has 1 aromatic heterocycles. The largest absolute Gasteiger partial charge is 0.508 e. The van der Waals surface area contributed by atoms with Gasteiger partial charge < -0.3 is 28.9 Å². The van der Waals surface area contributed by atoms with Crippen molar-refractivity contribution < 1.29 is 29.0 Å². The molecule has 1 atom stereocenters. The number of fused-ring (bicyclic) bond motifs is 3. The maximum atomic E-state index is 15.4. The summed E-state index contributed by atoms with van der Waals surface area (Å²) in [5.74, 6) is -0.0655. The minimum absolute atomic E-state index is 0.0443. The Morgan fingerprint density at radius 1 is 0.855 bits per heavy atom. The average molecular weight is 746 g/mol. The van der Waals surface area contributed by atoms with Crippen LogP contribution in [0.25, 0.3) is 11.3 Å². The summed E-state index contributed by atoms with van der Waals surface area (Å²) in [5.41, 5.74) is 8.10. The Hall–Kier alpha value is -5.13. The van der Waals surface area contributed by atoms with Gasteiger partial charge >= 0.3 is 6.09 Å². The second kappa shape index (κ2) is 14.8. The number of aromatic hydroxyl groups is 1. The molecular weight excluding hydrogens is 695 g/mol. The van der Waals surface area contributed by atoms with Gasteiger partial charge in [0.05, 0.1) is 18.8 Å². The Labute approximate surface area is 323 Å². The van der Waals surface area contributed by atoms with Crippen LogP contribution in [-0.2, 0) is 48.5 Å². The standard InChI is InChI=1S/C44H51N5O6/c1-44(2,3)55-43(53)47-25-31-22-36(40-24-38(39-11-7-8-16-48(39)40)41(51)45(4)33-12-14-35(50)15-13-33)37(23-32(31)26-47)42(52)49-27-30-10-6-5-9-29(30)21-34(49)28-46-17-19-54-20-18-46/h5-6,9-10,12-15,22-24,34,50H,7-8,11,16-21,25-28H2,1-4H3/t34-/m0/s1. The van der Waals surface area contributed by atoms with Gasteiger partial charge in [-0.05, 0) is 111 Å². The van der Waals surface area contributed by atoms with Crippen LogP contribution >= 0.6 is 0 Å². The Bertz CT molecular complexity index is 2110. The van der Waals surface area contributed by atoms with E-state index >= 15 is 4.79 Å². The number of benzene rings is 3. The maximum absolute atomic E-state index is 15.4. The van der Waals surface area contributed by atoms with Gasteiger partial charge in [-0.25, -0.2) is 4.79 Å². The van der Waals surface area contributed by atoms with Gasteiger partial charge in [-0.2, -0.15) is 0 Å². The number of aromatic nitrogens is 1. The maximum Gasteiger partial charge on any atom is 0.410 e. The highest BCUT2D eigenvalue weighted by molar-refractivity contribution is 6.08. The third-order valence-electron chi connectivity index (χ3n) is 11.4. The van der Waals surface area contributed by atoms with Crippen molar-refractivity contribution in [2.24, 2.45) is 0 Å². The molecule has 4 aromatic rings. The van der Waals surface area contributed by atoms with Crippen molar-refractivity contribution in [3.8, 4) is 17.0 Å². The lowest BCUT2D eigenvalue weighted by Crippen LogP contribution is -2.52. The topological polar surface area (TPSA) is 108 Å². The third-order valence-corrected chi connectivity index (χ3v) is 11.4. The minimum Gasteiger partial charge on any atom is -0.508 e. The molecule has 1 N–H and O–H groups in total. The van der Waals surface area contributed by atoms with E-state index in [1.807, 2.05) is 43.9 Å². The van der Waals surface area contributed by atoms with Crippen molar-refractivity contribution in [2.75, 3.05) is 44.8 Å². The smallest absolute Gasteiger partial charge is 0.410 e. The van der Waals surface area contributed by atoms with E-state index in [1.165, 1.54) is 5.56 Å². The number of phenols is 1. The number of phenolic OH excluding ortho intramolecular Hbond substituents is 1. The van der Waals surface area contributed by atoms with Crippen LogP contribution in [0.1, 0.15) is 82.3 Å². The Morgan fingerprint density at radius 2 is 1.56 bits per heavy atom. The van der Waals surface area contributed by atoms with E-state index in [9.17, 15) is 14.7 Å². The molecular formula is C44H51N5O6. The highest BCUT2D eigenvalue weighted by Crippen LogP contribution is 2.39. The molecule has 0 bridgehead atoms. The van der Waals surface area contributed by atoms with Crippen molar-refractivity contribution in [1.29, 1.82) is 0 Å². The fraction of sp³-hybridized carbons (Fsp3) is 0.432. The zero-order valence-corrected chi connectivity index (χ0v) is 32.3. The fourth-order valence-corrected chi connectivity index (χ4v) is 8.58. The predicted molar refractivity (Wildman–Crippen MR) is 210 cm³/mol. The summed E-state index contributed by atoms with van der Waals surface area (Å²) in [6.07, 6.45) is 3.04. The van der Waals surface area contributed by atoms with Crippen molar-refractivity contribution in [2.45, 2.75) is 84.3 Å². The van der Waals surface area contributed by atoms with E-state index in [0.717, 1.165) is 85.5 Å². The van der Waals surface area contributed by atoms with E-state index in [-0.39, 0.29) is 29.7 Å². The summed E-state index contributed by atoms with van der Waals surface area (Å²) in [7, 11) is 1.75. The SMILES string of the molecule is CN(C(=O)c1cc(-c2cc3c(cc2C(=O)N2Cc4ccccc4C[C@H]2CN2CCOCC2)CN(C(=O)OC(C)(C)C)C3)n2c1CCCC2)c1ccc(O)cc1. The molecule has 3 amide bonds. The first-order chi connectivity index (χ1) is 26.4. The first-order valence-corrected chi connectivity index (χ1v) is 19.5. The number of anilines is 1. The molecule has 1 saturated heterocycles. The Morgan fingerprint density at radius 3 is 2.29 bits per heavy atom. The molecule has 8 rings (SSSR count). The summed E-state index contributed by atoms with van der Waals surface area (Å²) in [5, 5.41) is 9.88. The zero-order chi connectivity index (χ0) is 38.4. The van der Waals surface area contributed by atoms with Gasteiger partial charge in [0, 0.05) is 87.1 Å². The first kappa shape index (κ1) is 36.8. The van der Waals surface area contributed by atoms with Gasteiger partial charge in [0.25, 0.3) is 11.8 Å². The number of ether oxygens (including phenoxy) is 2. The van der Waals surface area contributed by atoms with Crippen LogP contribution in [0.15, 0.2) is 66.7 Å². The fourth-order valence-electron chi connectivity index (χ4n) is 8.58. The summed E-state index contributed by atoms with van der Waals surface area (Å²) in [6.45, 7) is 11.3. The summed E-state index contributed by atoms with van der Waals surface area (Å²) < 4.78 is 13.7. The molecule has 5 heterocycles. The van der Waals surface area contributed by atoms with Gasteiger partial charge in [0.15, 0.2) is 0 Å². The lowest BCUT2D eigenvalue weighted by Gasteiger charge is -2.40. The van der Waals surface area contributed by atoms with E-state index in [1.54, 1.807) is 41.1 Å². The average Bonchev–Trinajstić information content (AvgIpc) is 3.78. The van der Waals surface area contributed by atoms with Crippen LogP contribution in [0, 0.1) is 0 Å². The number of carbonyl (C=O) groups is 3. The lowest BCUT2D eigenvalue weighted by atomic mass is 9.91. The van der Waals surface area contributed by atoms with Crippen LogP contribution in [0.3, 0.4) is 0 Å². The second-order valence-corrected chi connectivity index (χ2v) is 16.4. The molecule has 11 nitrogen and oxygen atoms in total.